The number of amides is 3. The standard InChI is InChI=1S/C39H52N4O6/c1-8-23-41(29-17-19-30(20-18-29)48-12-5)36(45)33-32-21-22-39(49-32)34(33)37(46)43(31(25-44)26(6)7)35(39)38(47)42(24-9-2)28-15-13-27(14-16-28)40(10-3)11-4/h8-9,13-20,26,31-35,44H,1-2,10-12,21-25H2,3-7H3/t31-,32+,33-,34-,35?,39?/m0/s1. The van der Waals surface area contributed by atoms with E-state index in [1.54, 1.807) is 26.9 Å². The summed E-state index contributed by atoms with van der Waals surface area (Å²) in [6.07, 6.45) is 3.79. The summed E-state index contributed by atoms with van der Waals surface area (Å²) in [5, 5.41) is 10.7. The second kappa shape index (κ2) is 15.2. The summed E-state index contributed by atoms with van der Waals surface area (Å²) in [6, 6.07) is 13.4. The van der Waals surface area contributed by atoms with Gasteiger partial charge in [-0.3, -0.25) is 14.4 Å². The van der Waals surface area contributed by atoms with Crippen molar-refractivity contribution in [3.05, 3.63) is 73.8 Å². The number of carbonyl (C=O) groups excluding carboxylic acids is 3. The third-order valence-corrected chi connectivity index (χ3v) is 10.5. The molecule has 2 bridgehead atoms. The second-order valence-electron chi connectivity index (χ2n) is 13.4. The molecule has 6 atom stereocenters. The van der Waals surface area contributed by atoms with Gasteiger partial charge in [-0.15, -0.1) is 13.2 Å². The smallest absolute Gasteiger partial charge is 0.253 e. The van der Waals surface area contributed by atoms with Crippen LogP contribution in [0, 0.1) is 17.8 Å². The second-order valence-corrected chi connectivity index (χ2v) is 13.4. The number of anilines is 3. The van der Waals surface area contributed by atoms with E-state index in [-0.39, 0.29) is 43.3 Å². The van der Waals surface area contributed by atoms with E-state index in [2.05, 4.69) is 31.9 Å². The molecule has 0 radical (unpaired) electrons. The Labute approximate surface area is 290 Å². The Morgan fingerprint density at radius 1 is 0.959 bits per heavy atom. The average Bonchev–Trinajstić information content (AvgIpc) is 3.75. The average molecular weight is 673 g/mol. The molecule has 3 aliphatic rings. The summed E-state index contributed by atoms with van der Waals surface area (Å²) < 4.78 is 12.4. The molecule has 3 heterocycles. The predicted octanol–water partition coefficient (Wildman–Crippen LogP) is 5.06. The van der Waals surface area contributed by atoms with Crippen molar-refractivity contribution in [2.45, 2.75) is 71.2 Å². The SMILES string of the molecule is C=CCN(C(=O)C1N([C@@H](CO)C(C)C)C(=O)[C@@H]2[C@@H](C(=O)N(CC=C)c3ccc(OCC)cc3)[C@H]3CCC12O3)c1ccc(N(CC)CC)cc1. The molecule has 0 saturated carbocycles. The van der Waals surface area contributed by atoms with E-state index >= 15 is 4.79 Å². The van der Waals surface area contributed by atoms with E-state index < -0.39 is 35.6 Å². The van der Waals surface area contributed by atoms with Gasteiger partial charge in [-0.05, 0) is 88.1 Å². The molecule has 0 aliphatic carbocycles. The quantitative estimate of drug-likeness (QED) is 0.249. The maximum Gasteiger partial charge on any atom is 0.253 e. The fourth-order valence-corrected chi connectivity index (χ4v) is 8.18. The highest BCUT2D eigenvalue weighted by Gasteiger charge is 2.75. The molecule has 2 unspecified atom stereocenters. The molecule has 3 saturated heterocycles. The third-order valence-electron chi connectivity index (χ3n) is 10.5. The predicted molar refractivity (Wildman–Crippen MR) is 193 cm³/mol. The molecule has 0 aromatic heterocycles. The zero-order valence-corrected chi connectivity index (χ0v) is 29.6. The minimum atomic E-state index is -1.22. The van der Waals surface area contributed by atoms with Gasteiger partial charge in [-0.25, -0.2) is 0 Å². The first-order valence-electron chi connectivity index (χ1n) is 17.6. The van der Waals surface area contributed by atoms with E-state index in [1.807, 2.05) is 69.3 Å². The summed E-state index contributed by atoms with van der Waals surface area (Å²) in [4.78, 5) is 51.4. The minimum Gasteiger partial charge on any atom is -0.494 e. The van der Waals surface area contributed by atoms with E-state index in [0.717, 1.165) is 18.8 Å². The monoisotopic (exact) mass is 672 g/mol. The topological polar surface area (TPSA) is 103 Å². The van der Waals surface area contributed by atoms with Crippen LogP contribution in [0.3, 0.4) is 0 Å². The first-order valence-corrected chi connectivity index (χ1v) is 17.6. The first-order chi connectivity index (χ1) is 23.6. The highest BCUT2D eigenvalue weighted by atomic mass is 16.5. The van der Waals surface area contributed by atoms with Crippen molar-refractivity contribution in [1.29, 1.82) is 0 Å². The van der Waals surface area contributed by atoms with Crippen molar-refractivity contribution in [3.8, 4) is 5.75 Å². The van der Waals surface area contributed by atoms with Crippen LogP contribution in [-0.4, -0.2) is 90.9 Å². The highest BCUT2D eigenvalue weighted by Crippen LogP contribution is 2.59. The van der Waals surface area contributed by atoms with Crippen molar-refractivity contribution in [1.82, 2.24) is 4.90 Å². The van der Waals surface area contributed by atoms with Crippen molar-refractivity contribution in [3.63, 3.8) is 0 Å². The van der Waals surface area contributed by atoms with Gasteiger partial charge in [0.15, 0.2) is 0 Å². The van der Waals surface area contributed by atoms with Crippen LogP contribution < -0.4 is 19.4 Å². The van der Waals surface area contributed by atoms with Crippen LogP contribution in [-0.2, 0) is 19.1 Å². The zero-order chi connectivity index (χ0) is 35.5. The van der Waals surface area contributed by atoms with Gasteiger partial charge in [0.25, 0.3) is 5.91 Å². The van der Waals surface area contributed by atoms with Crippen molar-refractivity contribution in [2.75, 3.05) is 54.1 Å². The summed E-state index contributed by atoms with van der Waals surface area (Å²) in [7, 11) is 0. The molecule has 3 fully saturated rings. The van der Waals surface area contributed by atoms with E-state index in [1.165, 1.54) is 0 Å². The highest BCUT2D eigenvalue weighted by molar-refractivity contribution is 6.06. The Morgan fingerprint density at radius 3 is 2.02 bits per heavy atom. The fraction of sp³-hybridized carbons (Fsp3) is 0.513. The normalized spacial score (nSPS) is 24.5. The number of likely N-dealkylation sites (tertiary alicyclic amines) is 1. The van der Waals surface area contributed by atoms with E-state index in [0.29, 0.717) is 36.6 Å². The summed E-state index contributed by atoms with van der Waals surface area (Å²) in [6.45, 7) is 20.1. The molecule has 1 spiro atoms. The van der Waals surface area contributed by atoms with Crippen LogP contribution in [0.5, 0.6) is 5.75 Å². The van der Waals surface area contributed by atoms with Crippen LogP contribution in [0.15, 0.2) is 73.8 Å². The lowest BCUT2D eigenvalue weighted by atomic mass is 9.70. The molecular formula is C39H52N4O6. The summed E-state index contributed by atoms with van der Waals surface area (Å²) in [5.41, 5.74) is 1.15. The van der Waals surface area contributed by atoms with Gasteiger partial charge in [-0.1, -0.05) is 26.0 Å². The Kier molecular flexibility index (Phi) is 11.2. The summed E-state index contributed by atoms with van der Waals surface area (Å²) in [5.74, 6) is -2.04. The lowest BCUT2D eigenvalue weighted by molar-refractivity contribution is -0.145. The van der Waals surface area contributed by atoms with Gasteiger partial charge in [0.05, 0.1) is 37.2 Å². The molecule has 10 nitrogen and oxygen atoms in total. The Balaban J connectivity index is 1.56. The van der Waals surface area contributed by atoms with Crippen molar-refractivity contribution in [2.24, 2.45) is 17.8 Å². The number of hydrogen-bond acceptors (Lipinski definition) is 7. The molecule has 5 rings (SSSR count). The molecule has 264 valence electrons. The van der Waals surface area contributed by atoms with Crippen LogP contribution >= 0.6 is 0 Å². The zero-order valence-electron chi connectivity index (χ0n) is 29.6. The lowest BCUT2D eigenvalue weighted by Gasteiger charge is -2.40. The molecule has 3 aliphatic heterocycles. The Bertz CT molecular complexity index is 1510. The molecule has 49 heavy (non-hydrogen) atoms. The van der Waals surface area contributed by atoms with Crippen LogP contribution in [0.4, 0.5) is 17.1 Å². The van der Waals surface area contributed by atoms with Crippen molar-refractivity contribution < 1.29 is 29.0 Å². The molecule has 2 aromatic carbocycles. The van der Waals surface area contributed by atoms with Gasteiger partial charge >= 0.3 is 0 Å². The number of rotatable bonds is 16. The molecule has 2 aromatic rings. The lowest BCUT2D eigenvalue weighted by Crippen LogP contribution is -2.59. The van der Waals surface area contributed by atoms with E-state index in [9.17, 15) is 14.7 Å². The van der Waals surface area contributed by atoms with Gasteiger partial charge in [-0.2, -0.15) is 0 Å². The van der Waals surface area contributed by atoms with Crippen molar-refractivity contribution >= 4 is 34.8 Å². The number of ether oxygens (including phenoxy) is 2. The molecule has 1 N–H and O–H groups in total. The van der Waals surface area contributed by atoms with Gasteiger partial charge in [0.2, 0.25) is 11.8 Å². The largest absolute Gasteiger partial charge is 0.494 e. The van der Waals surface area contributed by atoms with Crippen LogP contribution in [0.1, 0.15) is 47.5 Å². The van der Waals surface area contributed by atoms with Gasteiger partial charge in [0.1, 0.15) is 17.4 Å². The van der Waals surface area contributed by atoms with Gasteiger partial charge in [0, 0.05) is 43.2 Å². The summed E-state index contributed by atoms with van der Waals surface area (Å²) >= 11 is 0. The number of aliphatic hydroxyl groups is 1. The fourth-order valence-electron chi connectivity index (χ4n) is 8.18. The molecular weight excluding hydrogens is 620 g/mol. The number of aliphatic hydroxyl groups excluding tert-OH is 1. The number of benzene rings is 2. The first kappa shape index (κ1) is 36.1. The van der Waals surface area contributed by atoms with E-state index in [4.69, 9.17) is 9.47 Å². The number of carbonyl (C=O) groups is 3. The molecule has 10 heteroatoms. The maximum atomic E-state index is 15.0. The minimum absolute atomic E-state index is 0.159. The Hall–Kier alpha value is -4.15. The van der Waals surface area contributed by atoms with Crippen LogP contribution in [0.2, 0.25) is 0 Å². The number of hydrogen-bond donors (Lipinski definition) is 1. The third kappa shape index (κ3) is 6.36. The maximum absolute atomic E-state index is 15.0. The molecule has 3 amide bonds. The number of fused-ring (bicyclic) bond motifs is 1. The van der Waals surface area contributed by atoms with Gasteiger partial charge < -0.3 is 34.2 Å². The Morgan fingerprint density at radius 2 is 1.51 bits per heavy atom. The van der Waals surface area contributed by atoms with Crippen LogP contribution in [0.25, 0.3) is 0 Å². The number of nitrogens with zero attached hydrogens (tertiary/aromatic N) is 4.